The maximum Gasteiger partial charge on any atom is 3.00 e. The molecule has 0 rings (SSSR count). The van der Waals surface area contributed by atoms with Crippen LogP contribution in [0.15, 0.2) is 0 Å². The molecule has 0 aliphatic heterocycles. The minimum absolute atomic E-state index is 0. The van der Waals surface area contributed by atoms with E-state index in [-0.39, 0.29) is 71.4 Å². The number of carbonyl (C=O) groups is 6. The van der Waals surface area contributed by atoms with E-state index in [4.69, 9.17) is 28.4 Å². The first kappa shape index (κ1) is 50.6. The molecule has 0 heterocycles. The van der Waals surface area contributed by atoms with Crippen molar-refractivity contribution in [3.05, 3.63) is 0 Å². The molecule has 46 heavy (non-hydrogen) atoms. The number of carbonyl (C=O) groups excluding carboxylic acids is 6. The number of ketones is 3. The van der Waals surface area contributed by atoms with E-state index in [0.29, 0.717) is 78.9 Å². The van der Waals surface area contributed by atoms with E-state index < -0.39 is 0 Å². The monoisotopic (exact) mass is 707 g/mol. The van der Waals surface area contributed by atoms with Crippen LogP contribution >= 0.6 is 0 Å². The van der Waals surface area contributed by atoms with Gasteiger partial charge in [-0.3, -0.25) is 28.8 Å². The van der Waals surface area contributed by atoms with Gasteiger partial charge in [0.05, 0.1) is 58.9 Å². The molecule has 0 spiro atoms. The summed E-state index contributed by atoms with van der Waals surface area (Å²) in [4.78, 5) is 71.8. The van der Waals surface area contributed by atoms with Crippen LogP contribution in [0.3, 0.4) is 0 Å². The molecule has 0 aromatic heterocycles. The molecule has 16 heteroatoms. The van der Waals surface area contributed by atoms with E-state index in [1.54, 1.807) is 57.4 Å². The third-order valence-electron chi connectivity index (χ3n) is 5.65. The molecule has 15 nitrogen and oxygen atoms in total. The van der Waals surface area contributed by atoms with Gasteiger partial charge in [-0.05, 0) is 20.8 Å². The van der Waals surface area contributed by atoms with E-state index in [0.717, 1.165) is 0 Å². The number of amides is 3. The summed E-state index contributed by atoms with van der Waals surface area (Å²) >= 11 is 0. The van der Waals surface area contributed by atoms with Crippen LogP contribution < -0.4 is 0 Å². The number of rotatable bonds is 24. The normalized spacial score (nSPS) is 9.85. The minimum Gasteiger partial charge on any atom is -0.383 e. The van der Waals surface area contributed by atoms with Crippen LogP contribution in [0, 0.1) is 0 Å². The van der Waals surface area contributed by atoms with Crippen molar-refractivity contribution in [1.29, 1.82) is 0 Å². The second-order valence-electron chi connectivity index (χ2n) is 9.74. The van der Waals surface area contributed by atoms with Crippen molar-refractivity contribution in [2.45, 2.75) is 40.0 Å². The van der Waals surface area contributed by atoms with Gasteiger partial charge in [-0.2, -0.15) is 0 Å². The number of hydrogen-bond donors (Lipinski definition) is 0. The molecule has 0 bridgehead atoms. The third-order valence-corrected chi connectivity index (χ3v) is 5.65. The Labute approximate surface area is 285 Å². The summed E-state index contributed by atoms with van der Waals surface area (Å²) in [6.07, 6.45) is -0.145. The smallest absolute Gasteiger partial charge is 0.383 e. The summed E-state index contributed by atoms with van der Waals surface area (Å²) in [7, 11) is 9.44. The summed E-state index contributed by atoms with van der Waals surface area (Å²) in [5.74, 6) is -0.885. The second-order valence-corrected chi connectivity index (χ2v) is 9.74. The first-order valence-electron chi connectivity index (χ1n) is 14.6. The Kier molecular flexibility index (Phi) is 39.1. The molecule has 0 fully saturated rings. The van der Waals surface area contributed by atoms with Crippen molar-refractivity contribution >= 4 is 35.1 Å². The molecule has 0 aliphatic carbocycles. The van der Waals surface area contributed by atoms with Gasteiger partial charge in [0.2, 0.25) is 17.7 Å². The van der Waals surface area contributed by atoms with Gasteiger partial charge in [0.15, 0.2) is 0 Å². The van der Waals surface area contributed by atoms with E-state index in [1.165, 1.54) is 20.8 Å². The summed E-state index contributed by atoms with van der Waals surface area (Å²) in [5, 5.41) is 0. The number of nitrogens with zero attached hydrogens (tertiary/aromatic N) is 3. The van der Waals surface area contributed by atoms with E-state index >= 15 is 0 Å². The Hall–Kier alpha value is -2.30. The Bertz CT molecular complexity index is 704. The van der Waals surface area contributed by atoms with Crippen LogP contribution in [0.5, 0.6) is 0 Å². The van der Waals surface area contributed by atoms with Gasteiger partial charge in [0.1, 0.15) is 17.3 Å². The Morgan fingerprint density at radius 2 is 0.522 bits per heavy atom. The molecule has 0 N–H and O–H groups in total. The van der Waals surface area contributed by atoms with Crippen molar-refractivity contribution in [1.82, 2.24) is 14.7 Å². The van der Waals surface area contributed by atoms with Crippen LogP contribution in [-0.2, 0) is 74.3 Å². The standard InChI is InChI=1S/3C10H19NO4.Fe/c3*1-9(12)8-10(13)11(4-6-14-2)5-7-15-3;/h3*4-8H2,1-3H3;/q;;;+3. The molecule has 0 atom stereocenters. The van der Waals surface area contributed by atoms with E-state index in [9.17, 15) is 28.8 Å². The van der Waals surface area contributed by atoms with Crippen molar-refractivity contribution in [2.75, 3.05) is 122 Å². The minimum atomic E-state index is -0.170. The zero-order valence-electron chi connectivity index (χ0n) is 29.2. The quantitative estimate of drug-likeness (QED) is 0.0994. The fourth-order valence-electron chi connectivity index (χ4n) is 3.27. The van der Waals surface area contributed by atoms with Crippen molar-refractivity contribution in [2.24, 2.45) is 0 Å². The van der Waals surface area contributed by atoms with Crippen LogP contribution in [0.4, 0.5) is 0 Å². The molecule has 1 radical (unpaired) electrons. The predicted molar refractivity (Wildman–Crippen MR) is 167 cm³/mol. The predicted octanol–water partition coefficient (Wildman–Crippen LogP) is 0.258. The van der Waals surface area contributed by atoms with Crippen LogP contribution in [0.2, 0.25) is 0 Å². The number of methoxy groups -OCH3 is 6. The second kappa shape index (κ2) is 35.6. The topological polar surface area (TPSA) is 168 Å². The summed E-state index contributed by atoms with van der Waals surface area (Å²) in [5.41, 5.74) is 0. The van der Waals surface area contributed by atoms with Gasteiger partial charge in [0.25, 0.3) is 0 Å². The van der Waals surface area contributed by atoms with Crippen LogP contribution in [-0.4, -0.2) is 171 Å². The van der Waals surface area contributed by atoms with E-state index in [2.05, 4.69) is 0 Å². The van der Waals surface area contributed by atoms with Crippen molar-refractivity contribution in [3.63, 3.8) is 0 Å². The first-order valence-corrected chi connectivity index (χ1v) is 14.6. The molecule has 0 aromatic rings. The maximum atomic E-state index is 11.6. The van der Waals surface area contributed by atoms with Gasteiger partial charge in [-0.25, -0.2) is 0 Å². The largest absolute Gasteiger partial charge is 3.00 e. The van der Waals surface area contributed by atoms with E-state index in [1.807, 2.05) is 0 Å². The SMILES string of the molecule is COCCN(CCOC)C(=O)CC(C)=O.COCCN(CCOC)C(=O)CC(C)=O.COCCN(CCOC)C(=O)CC(C)=O.[Fe+3]. The molecule has 0 saturated carbocycles. The Morgan fingerprint density at radius 1 is 0.370 bits per heavy atom. The van der Waals surface area contributed by atoms with Crippen molar-refractivity contribution in [3.8, 4) is 0 Å². The summed E-state index contributed by atoms with van der Waals surface area (Å²) in [6.45, 7) is 9.96. The number of Topliss-reactive ketones (excluding diaryl/α,β-unsaturated/α-hetero) is 3. The molecule has 0 aliphatic rings. The molecule has 0 saturated heterocycles. The fourth-order valence-corrected chi connectivity index (χ4v) is 3.27. The van der Waals surface area contributed by atoms with Gasteiger partial charge in [-0.1, -0.05) is 0 Å². The molecular formula is C30H57FeN3O12+3. The number of hydrogen-bond acceptors (Lipinski definition) is 12. The third kappa shape index (κ3) is 33.1. The average molecular weight is 708 g/mol. The number of ether oxygens (including phenoxy) is 6. The molecule has 3 amide bonds. The molecule has 0 unspecified atom stereocenters. The fraction of sp³-hybridized carbons (Fsp3) is 0.800. The van der Waals surface area contributed by atoms with Gasteiger partial charge in [-0.15, -0.1) is 0 Å². The summed E-state index contributed by atoms with van der Waals surface area (Å²) in [6, 6.07) is 0. The zero-order valence-corrected chi connectivity index (χ0v) is 30.3. The van der Waals surface area contributed by atoms with Crippen LogP contribution in [0.25, 0.3) is 0 Å². The van der Waals surface area contributed by atoms with Crippen molar-refractivity contribution < 1.29 is 74.3 Å². The Balaban J connectivity index is -0.000000285. The maximum absolute atomic E-state index is 11.6. The first-order chi connectivity index (χ1) is 21.3. The zero-order chi connectivity index (χ0) is 35.0. The van der Waals surface area contributed by atoms with Gasteiger partial charge in [0, 0.05) is 81.9 Å². The van der Waals surface area contributed by atoms with Gasteiger partial charge >= 0.3 is 17.1 Å². The Morgan fingerprint density at radius 3 is 0.630 bits per heavy atom. The average Bonchev–Trinajstić information content (AvgIpc) is 2.96. The molecule has 0 aromatic carbocycles. The molecular weight excluding hydrogens is 650 g/mol. The van der Waals surface area contributed by atoms with Gasteiger partial charge < -0.3 is 43.1 Å². The molecule has 269 valence electrons. The summed E-state index contributed by atoms with van der Waals surface area (Å²) < 4.78 is 29.3. The van der Waals surface area contributed by atoms with Crippen LogP contribution in [0.1, 0.15) is 40.0 Å².